The van der Waals surface area contributed by atoms with Gasteiger partial charge in [-0.05, 0) is 56.3 Å². The molecule has 1 aromatic heterocycles. The fourth-order valence-electron chi connectivity index (χ4n) is 4.13. The van der Waals surface area contributed by atoms with E-state index >= 15 is 0 Å². The number of aromatic nitrogens is 2. The van der Waals surface area contributed by atoms with Crippen molar-refractivity contribution in [2.75, 3.05) is 26.2 Å². The average molecular weight is 418 g/mol. The molecule has 4 rings (SSSR count). The number of hydrogen-bond donors (Lipinski definition) is 2. The van der Waals surface area contributed by atoms with Gasteiger partial charge in [-0.15, -0.1) is 12.4 Å². The number of nitrogens with one attached hydrogen (secondary N) is 2. The third-order valence-electron chi connectivity index (χ3n) is 5.63. The van der Waals surface area contributed by atoms with Gasteiger partial charge in [0.25, 0.3) is 5.91 Å². The first kappa shape index (κ1) is 21.3. The zero-order chi connectivity index (χ0) is 19.3. The summed E-state index contributed by atoms with van der Waals surface area (Å²) in [6, 6.07) is 9.37. The van der Waals surface area contributed by atoms with Gasteiger partial charge in [0.05, 0.1) is 17.3 Å². The molecule has 1 aromatic carbocycles. The molecule has 2 amide bonds. The number of nitrogens with zero attached hydrogens (tertiary/aromatic N) is 3. The number of benzene rings is 1. The number of hydrogen-bond acceptors (Lipinski definition) is 4. The van der Waals surface area contributed by atoms with Crippen molar-refractivity contribution in [3.63, 3.8) is 0 Å². The summed E-state index contributed by atoms with van der Waals surface area (Å²) in [7, 11) is 0. The fourth-order valence-corrected chi connectivity index (χ4v) is 4.13. The van der Waals surface area contributed by atoms with E-state index in [0.717, 1.165) is 44.5 Å². The lowest BCUT2D eigenvalue weighted by molar-refractivity contribution is -0.123. The summed E-state index contributed by atoms with van der Waals surface area (Å²) >= 11 is 0. The van der Waals surface area contributed by atoms with E-state index in [1.54, 1.807) is 10.9 Å². The van der Waals surface area contributed by atoms with Crippen molar-refractivity contribution >= 4 is 24.2 Å². The summed E-state index contributed by atoms with van der Waals surface area (Å²) in [4.78, 5) is 27.3. The number of carbonyl (C=O) groups excluding carboxylic acids is 2. The van der Waals surface area contributed by atoms with Crippen LogP contribution in [0.15, 0.2) is 42.7 Å². The van der Waals surface area contributed by atoms with Crippen LogP contribution in [0.5, 0.6) is 0 Å². The SMILES string of the molecule is Cl.O=C(NCC1CCCN(C(=O)c2ccccc2-n2cccn2)C1)C1CCCN1. The summed E-state index contributed by atoms with van der Waals surface area (Å²) in [6.45, 7) is 2.96. The van der Waals surface area contributed by atoms with Gasteiger partial charge in [0, 0.05) is 32.0 Å². The number of rotatable bonds is 5. The maximum Gasteiger partial charge on any atom is 0.256 e. The van der Waals surface area contributed by atoms with E-state index in [1.807, 2.05) is 41.4 Å². The molecule has 2 saturated heterocycles. The minimum absolute atomic E-state index is 0. The van der Waals surface area contributed by atoms with Crippen molar-refractivity contribution in [2.45, 2.75) is 31.7 Å². The van der Waals surface area contributed by atoms with Crippen molar-refractivity contribution < 1.29 is 9.59 Å². The van der Waals surface area contributed by atoms with Crippen LogP contribution in [-0.4, -0.2) is 58.7 Å². The Morgan fingerprint density at radius 2 is 2.03 bits per heavy atom. The molecule has 2 N–H and O–H groups in total. The second-order valence-corrected chi connectivity index (χ2v) is 7.62. The van der Waals surface area contributed by atoms with Crippen molar-refractivity contribution in [3.05, 3.63) is 48.3 Å². The fraction of sp³-hybridized carbons (Fsp3) is 0.476. The molecule has 2 atom stereocenters. The van der Waals surface area contributed by atoms with Crippen molar-refractivity contribution in [1.82, 2.24) is 25.3 Å². The Morgan fingerprint density at radius 3 is 2.79 bits per heavy atom. The van der Waals surface area contributed by atoms with Gasteiger partial charge in [-0.2, -0.15) is 5.10 Å². The third kappa shape index (κ3) is 4.97. The van der Waals surface area contributed by atoms with Crippen LogP contribution in [0.1, 0.15) is 36.0 Å². The third-order valence-corrected chi connectivity index (χ3v) is 5.63. The minimum Gasteiger partial charge on any atom is -0.354 e. The maximum atomic E-state index is 13.2. The van der Waals surface area contributed by atoms with Gasteiger partial charge in [-0.3, -0.25) is 9.59 Å². The first-order chi connectivity index (χ1) is 13.7. The number of likely N-dealkylation sites (tertiary alicyclic amines) is 1. The van der Waals surface area contributed by atoms with Crippen LogP contribution in [0.25, 0.3) is 5.69 Å². The molecule has 2 unspecified atom stereocenters. The van der Waals surface area contributed by atoms with Crippen LogP contribution in [0.2, 0.25) is 0 Å². The highest BCUT2D eigenvalue weighted by atomic mass is 35.5. The first-order valence-corrected chi connectivity index (χ1v) is 10.1. The predicted octanol–water partition coefficient (Wildman–Crippen LogP) is 2.01. The maximum absolute atomic E-state index is 13.2. The van der Waals surface area contributed by atoms with E-state index < -0.39 is 0 Å². The molecule has 2 aliphatic heterocycles. The number of amides is 2. The van der Waals surface area contributed by atoms with Gasteiger partial charge in [-0.25, -0.2) is 4.68 Å². The highest BCUT2D eigenvalue weighted by molar-refractivity contribution is 5.97. The van der Waals surface area contributed by atoms with Gasteiger partial charge < -0.3 is 15.5 Å². The van der Waals surface area contributed by atoms with Crippen LogP contribution < -0.4 is 10.6 Å². The Bertz CT molecular complexity index is 820. The van der Waals surface area contributed by atoms with E-state index in [1.165, 1.54) is 0 Å². The normalized spacial score (nSPS) is 21.4. The minimum atomic E-state index is -0.0535. The molecule has 0 saturated carbocycles. The second kappa shape index (κ2) is 9.89. The monoisotopic (exact) mass is 417 g/mol. The van der Waals surface area contributed by atoms with E-state index in [2.05, 4.69) is 15.7 Å². The molecule has 8 heteroatoms. The lowest BCUT2D eigenvalue weighted by atomic mass is 9.97. The van der Waals surface area contributed by atoms with E-state index in [0.29, 0.717) is 24.6 Å². The summed E-state index contributed by atoms with van der Waals surface area (Å²) in [5.74, 6) is 0.407. The quantitative estimate of drug-likeness (QED) is 0.780. The van der Waals surface area contributed by atoms with Gasteiger partial charge in [-0.1, -0.05) is 12.1 Å². The van der Waals surface area contributed by atoms with Crippen LogP contribution >= 0.6 is 12.4 Å². The lowest BCUT2D eigenvalue weighted by Gasteiger charge is -2.33. The second-order valence-electron chi connectivity index (χ2n) is 7.62. The Balaban J connectivity index is 0.00000240. The molecule has 0 spiro atoms. The summed E-state index contributed by atoms with van der Waals surface area (Å²) < 4.78 is 1.73. The largest absolute Gasteiger partial charge is 0.354 e. The average Bonchev–Trinajstić information content (AvgIpc) is 3.46. The zero-order valence-corrected chi connectivity index (χ0v) is 17.2. The van der Waals surface area contributed by atoms with Gasteiger partial charge >= 0.3 is 0 Å². The molecule has 2 aliphatic rings. The predicted molar refractivity (Wildman–Crippen MR) is 113 cm³/mol. The molecule has 0 aliphatic carbocycles. The van der Waals surface area contributed by atoms with Crippen molar-refractivity contribution in [2.24, 2.45) is 5.92 Å². The Hall–Kier alpha value is -2.38. The lowest BCUT2D eigenvalue weighted by Crippen LogP contribution is -2.46. The Kier molecular flexibility index (Phi) is 7.28. The van der Waals surface area contributed by atoms with Gasteiger partial charge in [0.1, 0.15) is 0 Å². The topological polar surface area (TPSA) is 79.3 Å². The Morgan fingerprint density at radius 1 is 1.17 bits per heavy atom. The van der Waals surface area contributed by atoms with E-state index in [9.17, 15) is 9.59 Å². The van der Waals surface area contributed by atoms with Crippen LogP contribution in [0, 0.1) is 5.92 Å². The molecule has 7 nitrogen and oxygen atoms in total. The zero-order valence-electron chi connectivity index (χ0n) is 16.4. The summed E-state index contributed by atoms with van der Waals surface area (Å²) in [5, 5.41) is 10.6. The van der Waals surface area contributed by atoms with Crippen molar-refractivity contribution in [3.8, 4) is 5.69 Å². The molecule has 2 fully saturated rings. The molecule has 29 heavy (non-hydrogen) atoms. The summed E-state index contributed by atoms with van der Waals surface area (Å²) in [5.41, 5.74) is 1.45. The number of carbonyl (C=O) groups is 2. The highest BCUT2D eigenvalue weighted by Gasteiger charge is 2.28. The van der Waals surface area contributed by atoms with E-state index in [4.69, 9.17) is 0 Å². The molecule has 0 radical (unpaired) electrons. The smallest absolute Gasteiger partial charge is 0.256 e. The van der Waals surface area contributed by atoms with Crippen LogP contribution in [0.4, 0.5) is 0 Å². The first-order valence-electron chi connectivity index (χ1n) is 10.1. The number of halogens is 1. The molecule has 3 heterocycles. The molecule has 0 bridgehead atoms. The summed E-state index contributed by atoms with van der Waals surface area (Å²) in [6.07, 6.45) is 7.50. The standard InChI is InChI=1S/C21H27N5O2.ClH/c27-20(18-8-3-10-22-18)23-14-16-6-4-12-25(15-16)21(28)17-7-1-2-9-19(17)26-13-5-11-24-26;/h1-2,5,7,9,11,13,16,18,22H,3-4,6,8,10,12,14-15H2,(H,23,27);1H. The molecular weight excluding hydrogens is 390 g/mol. The van der Waals surface area contributed by atoms with Crippen LogP contribution in [0.3, 0.4) is 0 Å². The molecule has 2 aromatic rings. The highest BCUT2D eigenvalue weighted by Crippen LogP contribution is 2.21. The Labute approximate surface area is 177 Å². The molecular formula is C21H28ClN5O2. The van der Waals surface area contributed by atoms with Gasteiger partial charge in [0.15, 0.2) is 0 Å². The number of para-hydroxylation sites is 1. The van der Waals surface area contributed by atoms with Gasteiger partial charge in [0.2, 0.25) is 5.91 Å². The van der Waals surface area contributed by atoms with Crippen molar-refractivity contribution in [1.29, 1.82) is 0 Å². The van der Waals surface area contributed by atoms with Crippen LogP contribution in [-0.2, 0) is 4.79 Å². The molecule has 156 valence electrons. The van der Waals surface area contributed by atoms with E-state index in [-0.39, 0.29) is 30.3 Å². The number of piperidine rings is 1.